The lowest BCUT2D eigenvalue weighted by molar-refractivity contribution is -0.145. The van der Waals surface area contributed by atoms with Crippen molar-refractivity contribution in [1.82, 2.24) is 9.80 Å². The zero-order chi connectivity index (χ0) is 12.7. The summed E-state index contributed by atoms with van der Waals surface area (Å²) in [5.41, 5.74) is 0. The number of hydrogen-bond acceptors (Lipinski definition) is 4. The molecule has 2 fully saturated rings. The van der Waals surface area contributed by atoms with Crippen LogP contribution in [0.2, 0.25) is 0 Å². The van der Waals surface area contributed by atoms with Gasteiger partial charge in [-0.2, -0.15) is 0 Å². The summed E-state index contributed by atoms with van der Waals surface area (Å²) in [6.07, 6.45) is 0. The molecule has 6 nitrogen and oxygen atoms in total. The molecule has 1 N–H and O–H groups in total. The monoisotopic (exact) mass is 240 g/mol. The van der Waals surface area contributed by atoms with Crippen molar-refractivity contribution in [3.8, 4) is 0 Å². The van der Waals surface area contributed by atoms with Gasteiger partial charge in [-0.15, -0.1) is 0 Å². The summed E-state index contributed by atoms with van der Waals surface area (Å²) < 4.78 is 0. The van der Waals surface area contributed by atoms with Gasteiger partial charge in [0.25, 0.3) is 0 Å². The number of nitrogens with zero attached hydrogens (tertiary/aromatic N) is 2. The van der Waals surface area contributed by atoms with E-state index in [2.05, 4.69) is 0 Å². The molecular formula is C11H16N2O4. The van der Waals surface area contributed by atoms with Crippen LogP contribution in [0.25, 0.3) is 0 Å². The smallest absolute Gasteiger partial charge is 0.320 e. The molecule has 0 aromatic carbocycles. The number of fused-ring (bicyclic) bond motifs is 1. The zero-order valence-electron chi connectivity index (χ0n) is 9.92. The van der Waals surface area contributed by atoms with E-state index in [0.717, 1.165) is 0 Å². The van der Waals surface area contributed by atoms with Crippen molar-refractivity contribution in [2.75, 3.05) is 19.6 Å². The van der Waals surface area contributed by atoms with Gasteiger partial charge in [-0.3, -0.25) is 24.2 Å². The normalized spacial score (nSPS) is 30.8. The maximum absolute atomic E-state index is 11.9. The molecular weight excluding hydrogens is 224 g/mol. The molecule has 17 heavy (non-hydrogen) atoms. The Morgan fingerprint density at radius 3 is 2.18 bits per heavy atom. The molecule has 3 atom stereocenters. The van der Waals surface area contributed by atoms with E-state index in [1.807, 2.05) is 0 Å². The molecule has 0 unspecified atom stereocenters. The lowest BCUT2D eigenvalue weighted by Crippen LogP contribution is -2.41. The molecule has 2 amide bonds. The quantitative estimate of drug-likeness (QED) is 0.666. The predicted molar refractivity (Wildman–Crippen MR) is 58.0 cm³/mol. The van der Waals surface area contributed by atoms with E-state index in [-0.39, 0.29) is 23.7 Å². The highest BCUT2D eigenvalue weighted by molar-refractivity contribution is 6.05. The summed E-state index contributed by atoms with van der Waals surface area (Å²) in [7, 11) is 0. The number of hydrogen-bond donors (Lipinski definition) is 1. The minimum absolute atomic E-state index is 0.150. The van der Waals surface area contributed by atoms with Crippen molar-refractivity contribution in [3.63, 3.8) is 0 Å². The Hall–Kier alpha value is -1.43. The van der Waals surface area contributed by atoms with Gasteiger partial charge in [-0.1, -0.05) is 0 Å². The number of rotatable bonds is 3. The standard InChI is InChI=1S/C11H16N2O4/c1-3-13-9(14)7-4-12(6(2)11(16)17)5-8(7)10(13)15/h6-8H,3-5H2,1-2H3,(H,16,17)/t6-,7-,8+/m1/s1. The van der Waals surface area contributed by atoms with Gasteiger partial charge in [0.15, 0.2) is 0 Å². The van der Waals surface area contributed by atoms with E-state index in [1.54, 1.807) is 18.7 Å². The van der Waals surface area contributed by atoms with E-state index in [0.29, 0.717) is 19.6 Å². The second kappa shape index (κ2) is 4.10. The van der Waals surface area contributed by atoms with E-state index in [9.17, 15) is 14.4 Å². The van der Waals surface area contributed by atoms with Crippen molar-refractivity contribution < 1.29 is 19.5 Å². The number of aliphatic carboxylic acids is 1. The average Bonchev–Trinajstić information content (AvgIpc) is 2.80. The van der Waals surface area contributed by atoms with Gasteiger partial charge in [-0.25, -0.2) is 0 Å². The average molecular weight is 240 g/mol. The minimum Gasteiger partial charge on any atom is -0.480 e. The van der Waals surface area contributed by atoms with Crippen molar-refractivity contribution >= 4 is 17.8 Å². The Morgan fingerprint density at radius 2 is 1.82 bits per heavy atom. The number of carbonyl (C=O) groups is 3. The first kappa shape index (κ1) is 12.0. The molecule has 2 aliphatic rings. The molecule has 0 radical (unpaired) electrons. The number of likely N-dealkylation sites (tertiary alicyclic amines) is 2. The number of carbonyl (C=O) groups excluding carboxylic acids is 2. The largest absolute Gasteiger partial charge is 0.480 e. The molecule has 0 aromatic rings. The number of amides is 2. The highest BCUT2D eigenvalue weighted by Gasteiger charge is 2.52. The Balaban J connectivity index is 2.12. The summed E-state index contributed by atoms with van der Waals surface area (Å²) in [6.45, 7) is 4.50. The molecule has 2 aliphatic heterocycles. The van der Waals surface area contributed by atoms with Crippen LogP contribution in [0.15, 0.2) is 0 Å². The molecule has 2 heterocycles. The van der Waals surface area contributed by atoms with E-state index in [4.69, 9.17) is 5.11 Å². The van der Waals surface area contributed by atoms with Crippen LogP contribution in [-0.4, -0.2) is 58.4 Å². The van der Waals surface area contributed by atoms with Crippen LogP contribution in [0.3, 0.4) is 0 Å². The Kier molecular flexibility index (Phi) is 2.91. The summed E-state index contributed by atoms with van der Waals surface area (Å²) >= 11 is 0. The van der Waals surface area contributed by atoms with Gasteiger partial charge in [0.05, 0.1) is 11.8 Å². The summed E-state index contributed by atoms with van der Waals surface area (Å²) in [5, 5.41) is 8.91. The first-order valence-electron chi connectivity index (χ1n) is 5.79. The van der Waals surface area contributed by atoms with Crippen LogP contribution in [-0.2, 0) is 14.4 Å². The Bertz CT molecular complexity index is 358. The van der Waals surface area contributed by atoms with Crippen molar-refractivity contribution in [2.24, 2.45) is 11.8 Å². The van der Waals surface area contributed by atoms with Crippen molar-refractivity contribution in [2.45, 2.75) is 19.9 Å². The lowest BCUT2D eigenvalue weighted by Gasteiger charge is -2.22. The fourth-order valence-electron chi connectivity index (χ4n) is 2.63. The number of carboxylic acid groups (broad SMARTS) is 1. The maximum Gasteiger partial charge on any atom is 0.320 e. The predicted octanol–water partition coefficient (Wildman–Crippen LogP) is -0.604. The lowest BCUT2D eigenvalue weighted by atomic mass is 10.00. The van der Waals surface area contributed by atoms with Crippen molar-refractivity contribution in [3.05, 3.63) is 0 Å². The third-order valence-electron chi connectivity index (χ3n) is 3.74. The van der Waals surface area contributed by atoms with Gasteiger partial charge in [-0.05, 0) is 13.8 Å². The molecule has 94 valence electrons. The van der Waals surface area contributed by atoms with Crippen LogP contribution in [0.4, 0.5) is 0 Å². The van der Waals surface area contributed by atoms with Crippen LogP contribution in [0.1, 0.15) is 13.8 Å². The molecule has 0 spiro atoms. The first-order chi connectivity index (χ1) is 7.97. The highest BCUT2D eigenvalue weighted by atomic mass is 16.4. The summed E-state index contributed by atoms with van der Waals surface area (Å²) in [6, 6.07) is -0.642. The number of imide groups is 1. The maximum atomic E-state index is 11.9. The fraction of sp³-hybridized carbons (Fsp3) is 0.727. The minimum atomic E-state index is -0.919. The van der Waals surface area contributed by atoms with E-state index >= 15 is 0 Å². The molecule has 0 saturated carbocycles. The van der Waals surface area contributed by atoms with Gasteiger partial charge in [0.2, 0.25) is 11.8 Å². The summed E-state index contributed by atoms with van der Waals surface area (Å²) in [4.78, 5) is 37.6. The summed E-state index contributed by atoms with van der Waals surface area (Å²) in [5.74, 6) is -1.91. The van der Waals surface area contributed by atoms with Crippen LogP contribution >= 0.6 is 0 Å². The topological polar surface area (TPSA) is 77.9 Å². The van der Waals surface area contributed by atoms with E-state index < -0.39 is 12.0 Å². The van der Waals surface area contributed by atoms with Crippen LogP contribution < -0.4 is 0 Å². The first-order valence-corrected chi connectivity index (χ1v) is 5.79. The number of carboxylic acids is 1. The Labute approximate surface area is 99.2 Å². The molecule has 6 heteroatoms. The Morgan fingerprint density at radius 1 is 1.35 bits per heavy atom. The third kappa shape index (κ3) is 1.72. The zero-order valence-corrected chi connectivity index (χ0v) is 9.92. The molecule has 0 aliphatic carbocycles. The van der Waals surface area contributed by atoms with Gasteiger partial charge in [0, 0.05) is 19.6 Å². The second-order valence-electron chi connectivity index (χ2n) is 4.60. The van der Waals surface area contributed by atoms with E-state index in [1.165, 1.54) is 4.90 Å². The fourth-order valence-corrected chi connectivity index (χ4v) is 2.63. The van der Waals surface area contributed by atoms with Crippen molar-refractivity contribution in [1.29, 1.82) is 0 Å². The third-order valence-corrected chi connectivity index (χ3v) is 3.74. The van der Waals surface area contributed by atoms with Gasteiger partial charge >= 0.3 is 5.97 Å². The van der Waals surface area contributed by atoms with Crippen LogP contribution in [0.5, 0.6) is 0 Å². The SMILES string of the molecule is CCN1C(=O)[C@H]2CN([C@H](C)C(=O)O)C[C@H]2C1=O. The molecule has 0 aromatic heterocycles. The van der Waals surface area contributed by atoms with Crippen LogP contribution in [0, 0.1) is 11.8 Å². The molecule has 0 bridgehead atoms. The second-order valence-corrected chi connectivity index (χ2v) is 4.60. The highest BCUT2D eigenvalue weighted by Crippen LogP contribution is 2.34. The molecule has 2 rings (SSSR count). The van der Waals surface area contributed by atoms with Gasteiger partial charge < -0.3 is 5.11 Å². The molecule has 2 saturated heterocycles. The van der Waals surface area contributed by atoms with Gasteiger partial charge in [0.1, 0.15) is 6.04 Å².